The van der Waals surface area contributed by atoms with Gasteiger partial charge in [0.2, 0.25) is 5.91 Å². The summed E-state index contributed by atoms with van der Waals surface area (Å²) >= 11 is 0. The highest BCUT2D eigenvalue weighted by Gasteiger charge is 2.39. The third kappa shape index (κ3) is 2.98. The third-order valence-corrected chi connectivity index (χ3v) is 5.40. The minimum absolute atomic E-state index is 0.0108. The zero-order valence-electron chi connectivity index (χ0n) is 15.6. The molecular formula is C23H19FN4O. The molecule has 0 spiro atoms. The molecule has 6 heteroatoms. The van der Waals surface area contributed by atoms with Gasteiger partial charge in [-0.05, 0) is 48.0 Å². The Labute approximate surface area is 167 Å². The minimum atomic E-state index is -0.289. The zero-order chi connectivity index (χ0) is 20.0. The first-order chi connectivity index (χ1) is 14.1. The summed E-state index contributed by atoms with van der Waals surface area (Å²) in [7, 11) is 0. The van der Waals surface area contributed by atoms with Crippen LogP contribution in [0.5, 0.6) is 0 Å². The van der Waals surface area contributed by atoms with Crippen LogP contribution in [0.4, 0.5) is 10.1 Å². The molecule has 5 rings (SSSR count). The van der Waals surface area contributed by atoms with Gasteiger partial charge in [-0.25, -0.2) is 9.07 Å². The van der Waals surface area contributed by atoms with E-state index in [4.69, 9.17) is 5.73 Å². The molecule has 0 bridgehead atoms. The van der Waals surface area contributed by atoms with Gasteiger partial charge in [-0.15, -0.1) is 0 Å². The fourth-order valence-corrected chi connectivity index (χ4v) is 4.07. The maximum atomic E-state index is 13.2. The lowest BCUT2D eigenvalue weighted by atomic mass is 10.0. The summed E-state index contributed by atoms with van der Waals surface area (Å²) in [4.78, 5) is 14.5. The topological polar surface area (TPSA) is 64.2 Å². The van der Waals surface area contributed by atoms with Crippen LogP contribution in [-0.2, 0) is 4.79 Å². The van der Waals surface area contributed by atoms with Gasteiger partial charge in [-0.3, -0.25) is 4.79 Å². The van der Waals surface area contributed by atoms with Crippen LogP contribution in [0, 0.1) is 5.82 Å². The molecule has 0 radical (unpaired) electrons. The number of anilines is 1. The number of halogens is 1. The van der Waals surface area contributed by atoms with Crippen LogP contribution < -0.4 is 10.6 Å². The monoisotopic (exact) mass is 386 g/mol. The summed E-state index contributed by atoms with van der Waals surface area (Å²) in [5.41, 5.74) is 9.80. The van der Waals surface area contributed by atoms with Gasteiger partial charge in [0, 0.05) is 23.5 Å². The minimum Gasteiger partial charge on any atom is -0.325 e. The number of aromatic nitrogens is 2. The molecule has 5 nitrogen and oxygen atoms in total. The molecule has 2 heterocycles. The molecule has 0 aliphatic carbocycles. The molecule has 2 atom stereocenters. The highest BCUT2D eigenvalue weighted by atomic mass is 19.1. The van der Waals surface area contributed by atoms with Gasteiger partial charge in [0.25, 0.3) is 0 Å². The van der Waals surface area contributed by atoms with E-state index in [9.17, 15) is 9.18 Å². The molecule has 3 aromatic carbocycles. The van der Waals surface area contributed by atoms with Crippen LogP contribution >= 0.6 is 0 Å². The largest absolute Gasteiger partial charge is 0.325 e. The number of rotatable bonds is 3. The van der Waals surface area contributed by atoms with E-state index < -0.39 is 0 Å². The summed E-state index contributed by atoms with van der Waals surface area (Å²) in [6.07, 6.45) is 2.06. The molecule has 1 amide bonds. The van der Waals surface area contributed by atoms with Gasteiger partial charge in [0.05, 0.1) is 23.4 Å². The van der Waals surface area contributed by atoms with Gasteiger partial charge in [0.15, 0.2) is 0 Å². The maximum absolute atomic E-state index is 13.2. The van der Waals surface area contributed by atoms with Crippen molar-refractivity contribution in [2.45, 2.75) is 18.5 Å². The second-order valence-corrected chi connectivity index (χ2v) is 7.26. The molecule has 1 aliphatic heterocycles. The number of benzene rings is 3. The van der Waals surface area contributed by atoms with Crippen molar-refractivity contribution in [2.75, 3.05) is 4.90 Å². The van der Waals surface area contributed by atoms with Crippen molar-refractivity contribution in [3.8, 4) is 5.69 Å². The average molecular weight is 386 g/mol. The van der Waals surface area contributed by atoms with Gasteiger partial charge < -0.3 is 10.6 Å². The van der Waals surface area contributed by atoms with Crippen molar-refractivity contribution >= 4 is 22.5 Å². The summed E-state index contributed by atoms with van der Waals surface area (Å²) < 4.78 is 15.0. The second-order valence-electron chi connectivity index (χ2n) is 7.26. The Balaban J connectivity index is 1.56. The van der Waals surface area contributed by atoms with E-state index in [1.807, 2.05) is 48.5 Å². The number of nitrogens with zero attached hydrogens (tertiary/aromatic N) is 3. The van der Waals surface area contributed by atoms with Gasteiger partial charge in [-0.2, -0.15) is 5.10 Å². The molecule has 1 saturated heterocycles. The Morgan fingerprint density at radius 3 is 2.45 bits per heavy atom. The molecule has 4 aromatic rings. The van der Waals surface area contributed by atoms with E-state index in [0.29, 0.717) is 6.42 Å². The Bertz CT molecular complexity index is 1190. The van der Waals surface area contributed by atoms with Crippen LogP contribution in [0.3, 0.4) is 0 Å². The van der Waals surface area contributed by atoms with Crippen molar-refractivity contribution in [2.24, 2.45) is 5.73 Å². The number of hydrogen-bond acceptors (Lipinski definition) is 3. The molecule has 2 N–H and O–H groups in total. The molecular weight excluding hydrogens is 367 g/mol. The zero-order valence-corrected chi connectivity index (χ0v) is 15.6. The fraction of sp³-hybridized carbons (Fsp3) is 0.130. The number of carbonyl (C=O) groups excluding carboxylic acids is 1. The molecule has 1 aliphatic rings. The molecule has 1 aromatic heterocycles. The molecule has 29 heavy (non-hydrogen) atoms. The molecule has 0 saturated carbocycles. The molecule has 144 valence electrons. The maximum Gasteiger partial charge on any atom is 0.229 e. The molecule has 1 fully saturated rings. The summed E-state index contributed by atoms with van der Waals surface area (Å²) in [5, 5.41) is 5.34. The van der Waals surface area contributed by atoms with Gasteiger partial charge in [-0.1, -0.05) is 30.3 Å². The van der Waals surface area contributed by atoms with E-state index in [1.165, 1.54) is 12.1 Å². The first-order valence-electron chi connectivity index (χ1n) is 9.48. The number of fused-ring (bicyclic) bond motifs is 1. The van der Waals surface area contributed by atoms with Crippen LogP contribution in [0.25, 0.3) is 16.6 Å². The van der Waals surface area contributed by atoms with Crippen molar-refractivity contribution in [3.63, 3.8) is 0 Å². The Morgan fingerprint density at radius 1 is 0.966 bits per heavy atom. The third-order valence-electron chi connectivity index (χ3n) is 5.40. The average Bonchev–Trinajstić information content (AvgIpc) is 3.28. The van der Waals surface area contributed by atoms with Gasteiger partial charge >= 0.3 is 0 Å². The van der Waals surface area contributed by atoms with E-state index >= 15 is 0 Å². The van der Waals surface area contributed by atoms with Crippen LogP contribution in [0.2, 0.25) is 0 Å². The summed E-state index contributed by atoms with van der Waals surface area (Å²) in [5.74, 6) is -0.278. The van der Waals surface area contributed by atoms with E-state index in [2.05, 4.69) is 5.10 Å². The smallest absolute Gasteiger partial charge is 0.229 e. The normalized spacial score (nSPS) is 19.2. The predicted molar refractivity (Wildman–Crippen MR) is 110 cm³/mol. The van der Waals surface area contributed by atoms with Crippen LogP contribution in [0.1, 0.15) is 18.0 Å². The Kier molecular flexibility index (Phi) is 4.14. The first-order valence-corrected chi connectivity index (χ1v) is 9.48. The number of hydrogen-bond donors (Lipinski definition) is 1. The predicted octanol–water partition coefficient (Wildman–Crippen LogP) is 3.97. The standard InChI is InChI=1S/C23H19FN4O/c24-17-6-8-18(9-7-17)28-21-11-10-19(12-16(21)14-26-28)27-22(29)13-20(25)23(27)15-4-2-1-3-5-15/h1-12,14,20,23H,13,25H2/t20-,23?/m0/s1. The Morgan fingerprint density at radius 2 is 1.69 bits per heavy atom. The van der Waals surface area contributed by atoms with E-state index in [-0.39, 0.29) is 23.8 Å². The molecule has 1 unspecified atom stereocenters. The lowest BCUT2D eigenvalue weighted by molar-refractivity contribution is -0.117. The highest BCUT2D eigenvalue weighted by molar-refractivity contribution is 5.99. The second kappa shape index (κ2) is 6.83. The lowest BCUT2D eigenvalue weighted by Gasteiger charge is -2.27. The van der Waals surface area contributed by atoms with E-state index in [1.54, 1.807) is 27.9 Å². The SMILES string of the molecule is N[C@H]1CC(=O)N(c2ccc3c(cnn3-c3ccc(F)cc3)c2)C1c1ccccc1. The van der Waals surface area contributed by atoms with Crippen LogP contribution in [-0.4, -0.2) is 21.7 Å². The fourth-order valence-electron chi connectivity index (χ4n) is 4.07. The van der Waals surface area contributed by atoms with Crippen molar-refractivity contribution in [1.29, 1.82) is 0 Å². The Hall–Kier alpha value is -3.51. The first kappa shape index (κ1) is 17.6. The summed E-state index contributed by atoms with van der Waals surface area (Å²) in [6, 6.07) is 21.4. The van der Waals surface area contributed by atoms with Crippen LogP contribution in [0.15, 0.2) is 79.0 Å². The van der Waals surface area contributed by atoms with Crippen molar-refractivity contribution < 1.29 is 9.18 Å². The lowest BCUT2D eigenvalue weighted by Crippen LogP contribution is -2.33. The highest BCUT2D eigenvalue weighted by Crippen LogP contribution is 2.37. The van der Waals surface area contributed by atoms with Gasteiger partial charge in [0.1, 0.15) is 5.82 Å². The summed E-state index contributed by atoms with van der Waals surface area (Å²) in [6.45, 7) is 0. The number of nitrogens with two attached hydrogens (primary N) is 1. The van der Waals surface area contributed by atoms with E-state index in [0.717, 1.165) is 27.8 Å². The number of amides is 1. The van der Waals surface area contributed by atoms with Crippen molar-refractivity contribution in [3.05, 3.63) is 90.4 Å². The number of carbonyl (C=O) groups is 1. The quantitative estimate of drug-likeness (QED) is 0.579. The van der Waals surface area contributed by atoms with Crippen molar-refractivity contribution in [1.82, 2.24) is 9.78 Å².